The molecule has 0 aromatic heterocycles. The fourth-order valence-corrected chi connectivity index (χ4v) is 1.23. The van der Waals surface area contributed by atoms with Crippen LogP contribution in [0.15, 0.2) is 18.2 Å². The van der Waals surface area contributed by atoms with E-state index < -0.39 is 5.60 Å². The summed E-state index contributed by atoms with van der Waals surface area (Å²) in [5.41, 5.74) is 7.89. The number of benzene rings is 1. The second kappa shape index (κ2) is 4.53. The standard InChI is InChI=1S/C12H20N2O/c1-4-12(3,15)8-14-11-7-9(2)5-6-10(11)13/h5-7,14-15H,4,8,13H2,1-3H3. The summed E-state index contributed by atoms with van der Waals surface area (Å²) in [6.07, 6.45) is 0.714. The monoisotopic (exact) mass is 208 g/mol. The average molecular weight is 208 g/mol. The third-order valence-corrected chi connectivity index (χ3v) is 2.63. The van der Waals surface area contributed by atoms with Gasteiger partial charge in [-0.1, -0.05) is 13.0 Å². The van der Waals surface area contributed by atoms with Crippen molar-refractivity contribution in [3.05, 3.63) is 23.8 Å². The van der Waals surface area contributed by atoms with Crippen LogP contribution in [0.3, 0.4) is 0 Å². The second-order valence-corrected chi connectivity index (χ2v) is 4.29. The van der Waals surface area contributed by atoms with Gasteiger partial charge in [-0.3, -0.25) is 0 Å². The van der Waals surface area contributed by atoms with E-state index in [9.17, 15) is 5.11 Å². The lowest BCUT2D eigenvalue weighted by Crippen LogP contribution is -2.32. The van der Waals surface area contributed by atoms with E-state index in [1.807, 2.05) is 39.0 Å². The minimum absolute atomic E-state index is 0.511. The van der Waals surface area contributed by atoms with Crippen molar-refractivity contribution in [2.75, 3.05) is 17.6 Å². The Hall–Kier alpha value is -1.22. The Morgan fingerprint density at radius 2 is 2.13 bits per heavy atom. The minimum atomic E-state index is -0.684. The smallest absolute Gasteiger partial charge is 0.0788 e. The van der Waals surface area contributed by atoms with E-state index in [0.717, 1.165) is 11.3 Å². The van der Waals surface area contributed by atoms with E-state index in [1.165, 1.54) is 0 Å². The lowest BCUT2D eigenvalue weighted by molar-refractivity contribution is 0.0697. The molecule has 0 aliphatic carbocycles. The number of nitrogens with one attached hydrogen (secondary N) is 1. The van der Waals surface area contributed by atoms with Crippen LogP contribution < -0.4 is 11.1 Å². The molecular formula is C12H20N2O. The predicted octanol–water partition coefficient (Wildman–Crippen LogP) is 2.15. The molecule has 0 heterocycles. The molecule has 1 rings (SSSR count). The van der Waals surface area contributed by atoms with Gasteiger partial charge in [0.25, 0.3) is 0 Å². The van der Waals surface area contributed by atoms with Crippen molar-refractivity contribution in [3.8, 4) is 0 Å². The molecule has 3 heteroatoms. The first kappa shape index (κ1) is 11.9. The van der Waals surface area contributed by atoms with Gasteiger partial charge in [0, 0.05) is 6.54 Å². The van der Waals surface area contributed by atoms with E-state index in [0.29, 0.717) is 18.7 Å². The largest absolute Gasteiger partial charge is 0.397 e. The Morgan fingerprint density at radius 3 is 2.73 bits per heavy atom. The van der Waals surface area contributed by atoms with Gasteiger partial charge in [0.15, 0.2) is 0 Å². The van der Waals surface area contributed by atoms with Gasteiger partial charge >= 0.3 is 0 Å². The van der Waals surface area contributed by atoms with Crippen LogP contribution in [0.1, 0.15) is 25.8 Å². The van der Waals surface area contributed by atoms with Crippen LogP contribution in [0.25, 0.3) is 0 Å². The molecule has 0 aliphatic heterocycles. The van der Waals surface area contributed by atoms with Crippen LogP contribution in [-0.2, 0) is 0 Å². The first-order valence-electron chi connectivity index (χ1n) is 5.27. The molecule has 0 bridgehead atoms. The number of aryl methyl sites for hydroxylation is 1. The summed E-state index contributed by atoms with van der Waals surface area (Å²) < 4.78 is 0. The van der Waals surface area contributed by atoms with Crippen molar-refractivity contribution in [1.82, 2.24) is 0 Å². The van der Waals surface area contributed by atoms with Crippen LogP contribution >= 0.6 is 0 Å². The molecule has 15 heavy (non-hydrogen) atoms. The second-order valence-electron chi connectivity index (χ2n) is 4.29. The number of nitrogens with two attached hydrogens (primary N) is 1. The average Bonchev–Trinajstić information content (AvgIpc) is 2.20. The molecule has 3 nitrogen and oxygen atoms in total. The summed E-state index contributed by atoms with van der Waals surface area (Å²) in [5, 5.41) is 13.0. The maximum atomic E-state index is 9.84. The van der Waals surface area contributed by atoms with E-state index in [4.69, 9.17) is 5.73 Å². The Morgan fingerprint density at radius 1 is 1.47 bits per heavy atom. The zero-order valence-electron chi connectivity index (χ0n) is 9.67. The lowest BCUT2D eigenvalue weighted by atomic mass is 10.0. The minimum Gasteiger partial charge on any atom is -0.397 e. The molecule has 4 N–H and O–H groups in total. The van der Waals surface area contributed by atoms with Gasteiger partial charge in [0.1, 0.15) is 0 Å². The SMILES string of the molecule is CCC(C)(O)CNc1cc(C)ccc1N. The van der Waals surface area contributed by atoms with E-state index in [-0.39, 0.29) is 0 Å². The van der Waals surface area contributed by atoms with Crippen molar-refractivity contribution in [2.24, 2.45) is 0 Å². The van der Waals surface area contributed by atoms with Crippen molar-refractivity contribution in [1.29, 1.82) is 0 Å². The van der Waals surface area contributed by atoms with E-state index in [1.54, 1.807) is 0 Å². The highest BCUT2D eigenvalue weighted by atomic mass is 16.3. The van der Waals surface area contributed by atoms with Gasteiger partial charge in [-0.25, -0.2) is 0 Å². The van der Waals surface area contributed by atoms with Crippen molar-refractivity contribution < 1.29 is 5.11 Å². The molecule has 1 aromatic carbocycles. The maximum absolute atomic E-state index is 9.84. The van der Waals surface area contributed by atoms with Crippen LogP contribution in [0.5, 0.6) is 0 Å². The van der Waals surface area contributed by atoms with Gasteiger partial charge in [-0.05, 0) is 38.0 Å². The number of aliphatic hydroxyl groups is 1. The summed E-state index contributed by atoms with van der Waals surface area (Å²) in [7, 11) is 0. The van der Waals surface area contributed by atoms with Crippen molar-refractivity contribution in [3.63, 3.8) is 0 Å². The Labute approximate surface area is 91.3 Å². The molecule has 1 atom stereocenters. The Balaban J connectivity index is 2.69. The van der Waals surface area contributed by atoms with Gasteiger partial charge < -0.3 is 16.2 Å². The highest BCUT2D eigenvalue weighted by Gasteiger charge is 2.17. The highest BCUT2D eigenvalue weighted by molar-refractivity contribution is 5.67. The summed E-state index contributed by atoms with van der Waals surface area (Å²) >= 11 is 0. The van der Waals surface area contributed by atoms with Crippen LogP contribution in [0, 0.1) is 6.92 Å². The van der Waals surface area contributed by atoms with Gasteiger partial charge in [0.05, 0.1) is 17.0 Å². The number of hydrogen-bond acceptors (Lipinski definition) is 3. The maximum Gasteiger partial charge on any atom is 0.0788 e. The molecule has 1 unspecified atom stereocenters. The molecular weight excluding hydrogens is 188 g/mol. The number of nitrogen functional groups attached to an aromatic ring is 1. The Bertz CT molecular complexity index is 334. The lowest BCUT2D eigenvalue weighted by Gasteiger charge is -2.23. The zero-order chi connectivity index (χ0) is 11.5. The molecule has 0 radical (unpaired) electrons. The number of rotatable bonds is 4. The van der Waals surface area contributed by atoms with Gasteiger partial charge in [-0.2, -0.15) is 0 Å². The van der Waals surface area contributed by atoms with Crippen molar-refractivity contribution >= 4 is 11.4 Å². The molecule has 0 aliphatic rings. The molecule has 0 fully saturated rings. The van der Waals surface area contributed by atoms with Crippen LogP contribution in [-0.4, -0.2) is 17.3 Å². The van der Waals surface area contributed by atoms with E-state index >= 15 is 0 Å². The van der Waals surface area contributed by atoms with Crippen LogP contribution in [0.2, 0.25) is 0 Å². The first-order valence-corrected chi connectivity index (χ1v) is 5.27. The molecule has 0 spiro atoms. The summed E-state index contributed by atoms with van der Waals surface area (Å²) in [6, 6.07) is 5.83. The third-order valence-electron chi connectivity index (χ3n) is 2.63. The highest BCUT2D eigenvalue weighted by Crippen LogP contribution is 2.20. The normalized spacial score (nSPS) is 14.7. The zero-order valence-corrected chi connectivity index (χ0v) is 9.67. The summed E-state index contributed by atoms with van der Waals surface area (Å²) in [6.45, 7) is 6.30. The number of hydrogen-bond donors (Lipinski definition) is 3. The molecule has 1 aromatic rings. The number of anilines is 2. The first-order chi connectivity index (χ1) is 6.94. The van der Waals surface area contributed by atoms with Gasteiger partial charge in [-0.15, -0.1) is 0 Å². The van der Waals surface area contributed by atoms with E-state index in [2.05, 4.69) is 5.32 Å². The van der Waals surface area contributed by atoms with Crippen LogP contribution in [0.4, 0.5) is 11.4 Å². The Kier molecular flexibility index (Phi) is 3.58. The molecule has 0 saturated carbocycles. The fraction of sp³-hybridized carbons (Fsp3) is 0.500. The fourth-order valence-electron chi connectivity index (χ4n) is 1.23. The quantitative estimate of drug-likeness (QED) is 0.664. The molecule has 84 valence electrons. The molecule has 0 saturated heterocycles. The molecule has 0 amide bonds. The summed E-state index contributed by atoms with van der Waals surface area (Å²) in [5.74, 6) is 0. The van der Waals surface area contributed by atoms with Crippen molar-refractivity contribution in [2.45, 2.75) is 32.8 Å². The van der Waals surface area contributed by atoms with Gasteiger partial charge in [0.2, 0.25) is 0 Å². The topological polar surface area (TPSA) is 58.3 Å². The third kappa shape index (κ3) is 3.44. The predicted molar refractivity (Wildman–Crippen MR) is 65.0 cm³/mol. The summed E-state index contributed by atoms with van der Waals surface area (Å²) in [4.78, 5) is 0.